The molecule has 4 aromatic rings. The highest BCUT2D eigenvalue weighted by Crippen LogP contribution is 2.24. The molecule has 0 radical (unpaired) electrons. The minimum atomic E-state index is -0.255. The summed E-state index contributed by atoms with van der Waals surface area (Å²) in [7, 11) is 13.7. The Balaban J connectivity index is 0.000000183. The van der Waals surface area contributed by atoms with Crippen molar-refractivity contribution in [3.05, 3.63) is 108 Å². The molecular formula is C48H70N10O4. The largest absolute Gasteiger partial charge is 0.445 e. The average Bonchev–Trinajstić information content (AvgIpc) is 3.33. The summed E-state index contributed by atoms with van der Waals surface area (Å²) in [6.07, 6.45) is 9.69. The second-order valence-electron chi connectivity index (χ2n) is 16.6. The lowest BCUT2D eigenvalue weighted by molar-refractivity contribution is 0.0847. The molecule has 2 amide bonds. The molecule has 3 saturated heterocycles. The van der Waals surface area contributed by atoms with E-state index in [-0.39, 0.29) is 18.2 Å². The van der Waals surface area contributed by atoms with Crippen LogP contribution in [-0.2, 0) is 22.7 Å². The van der Waals surface area contributed by atoms with Crippen LogP contribution in [0.15, 0.2) is 97.3 Å². The van der Waals surface area contributed by atoms with Crippen LogP contribution in [0.3, 0.4) is 0 Å². The number of hydrogen-bond acceptors (Lipinski definition) is 12. The number of aromatic nitrogens is 2. The Morgan fingerprint density at radius 1 is 0.597 bits per heavy atom. The van der Waals surface area contributed by atoms with Gasteiger partial charge in [-0.05, 0) is 94.1 Å². The van der Waals surface area contributed by atoms with Crippen molar-refractivity contribution in [1.82, 2.24) is 30.4 Å². The van der Waals surface area contributed by atoms with Crippen molar-refractivity contribution in [3.8, 4) is 0 Å². The van der Waals surface area contributed by atoms with Gasteiger partial charge in [0.15, 0.2) is 0 Å². The van der Waals surface area contributed by atoms with Gasteiger partial charge in [-0.1, -0.05) is 60.7 Å². The molecule has 2 aromatic carbocycles. The first-order chi connectivity index (χ1) is 30.0. The van der Waals surface area contributed by atoms with Gasteiger partial charge in [-0.3, -0.25) is 0 Å². The number of carbonyl (C=O) groups excluding carboxylic acids is 2. The summed E-state index contributed by atoms with van der Waals surface area (Å²) >= 11 is 0. The number of ether oxygens (including phenoxy) is 2. The van der Waals surface area contributed by atoms with E-state index in [1.165, 1.54) is 18.5 Å². The Kier molecular flexibility index (Phi) is 18.9. The number of anilines is 4. The average molecular weight is 851 g/mol. The SMILES string of the molecule is CN(C(=O)OCc1ccccc1)C1CCNCC1.CN(C)c1ccc(N2CCC(N(C)C(=O)OCc3ccccc3)CC2)cn1.CNC1CCN(c2ccc(N(C)C)nc2)CC1. The summed E-state index contributed by atoms with van der Waals surface area (Å²) in [5.74, 6) is 1.97. The Morgan fingerprint density at radius 3 is 1.37 bits per heavy atom. The van der Waals surface area contributed by atoms with Crippen molar-refractivity contribution in [3.63, 3.8) is 0 Å². The van der Waals surface area contributed by atoms with E-state index in [0.717, 1.165) is 93.4 Å². The van der Waals surface area contributed by atoms with E-state index in [1.54, 1.807) is 9.80 Å². The number of piperidine rings is 3. The van der Waals surface area contributed by atoms with Gasteiger partial charge >= 0.3 is 12.2 Å². The molecule has 14 nitrogen and oxygen atoms in total. The predicted molar refractivity (Wildman–Crippen MR) is 251 cm³/mol. The van der Waals surface area contributed by atoms with Crippen LogP contribution in [0.5, 0.6) is 0 Å². The predicted octanol–water partition coefficient (Wildman–Crippen LogP) is 6.73. The van der Waals surface area contributed by atoms with Crippen LogP contribution in [0, 0.1) is 0 Å². The molecule has 2 N–H and O–H groups in total. The van der Waals surface area contributed by atoms with E-state index in [0.29, 0.717) is 25.3 Å². The monoisotopic (exact) mass is 851 g/mol. The standard InChI is InChI=1S/C21H28N4O2.C14H20N2O2.C13H22N4/c1-23(2)20-10-9-19(15-22-20)25-13-11-18(12-14-25)24(3)21(26)27-16-17-7-5-4-6-8-17;1-16(13-7-9-15-10-8-13)14(17)18-11-12-5-3-2-4-6-12;1-14-11-6-8-17(9-7-11)12-4-5-13(15-10-12)16(2)3/h4-10,15,18H,11-14,16H2,1-3H3;2-6,13,15H,7-11H2,1H3;4-5,10-11,14H,6-9H2,1-3H3. The number of hydrogen-bond donors (Lipinski definition) is 2. The molecule has 62 heavy (non-hydrogen) atoms. The van der Waals surface area contributed by atoms with Crippen LogP contribution in [0.4, 0.5) is 32.6 Å². The third-order valence-electron chi connectivity index (χ3n) is 11.9. The highest BCUT2D eigenvalue weighted by atomic mass is 16.6. The summed E-state index contributed by atoms with van der Waals surface area (Å²) in [4.78, 5) is 45.4. The lowest BCUT2D eigenvalue weighted by Crippen LogP contribution is -2.45. The summed E-state index contributed by atoms with van der Waals surface area (Å²) in [6, 6.07) is 29.1. The van der Waals surface area contributed by atoms with Crippen LogP contribution < -0.4 is 30.2 Å². The van der Waals surface area contributed by atoms with E-state index < -0.39 is 0 Å². The summed E-state index contributed by atoms with van der Waals surface area (Å²) in [5.41, 5.74) is 4.39. The minimum absolute atomic E-state index is 0.207. The van der Waals surface area contributed by atoms with Gasteiger partial charge < -0.3 is 49.5 Å². The highest BCUT2D eigenvalue weighted by molar-refractivity contribution is 5.68. The molecule has 3 aliphatic rings. The molecule has 3 aliphatic heterocycles. The first kappa shape index (κ1) is 47.4. The Labute approximate surface area is 370 Å². The smallest absolute Gasteiger partial charge is 0.410 e. The molecule has 0 atom stereocenters. The van der Waals surface area contributed by atoms with Crippen LogP contribution in [0.25, 0.3) is 0 Å². The van der Waals surface area contributed by atoms with E-state index in [9.17, 15) is 9.59 Å². The normalized spacial score (nSPS) is 15.9. The van der Waals surface area contributed by atoms with Crippen LogP contribution >= 0.6 is 0 Å². The van der Waals surface area contributed by atoms with Crippen LogP contribution in [-0.4, -0.2) is 139 Å². The zero-order chi connectivity index (χ0) is 44.3. The molecule has 3 fully saturated rings. The zero-order valence-corrected chi connectivity index (χ0v) is 38.1. The van der Waals surface area contributed by atoms with Gasteiger partial charge in [0.05, 0.1) is 23.8 Å². The van der Waals surface area contributed by atoms with Crippen molar-refractivity contribution in [2.45, 2.75) is 69.9 Å². The Morgan fingerprint density at radius 2 is 1.00 bits per heavy atom. The van der Waals surface area contributed by atoms with Crippen LogP contribution in [0.2, 0.25) is 0 Å². The van der Waals surface area contributed by atoms with E-state index >= 15 is 0 Å². The maximum absolute atomic E-state index is 12.3. The zero-order valence-electron chi connectivity index (χ0n) is 38.1. The van der Waals surface area contributed by atoms with E-state index in [1.807, 2.05) is 138 Å². The molecular weight excluding hydrogens is 781 g/mol. The van der Waals surface area contributed by atoms with Gasteiger partial charge in [0, 0.05) is 86.6 Å². The molecule has 0 spiro atoms. The number of carbonyl (C=O) groups is 2. The fourth-order valence-corrected chi connectivity index (χ4v) is 7.73. The highest BCUT2D eigenvalue weighted by Gasteiger charge is 2.27. The van der Waals surface area contributed by atoms with Crippen molar-refractivity contribution < 1.29 is 19.1 Å². The lowest BCUT2D eigenvalue weighted by atomic mass is 10.0. The number of nitrogens with one attached hydrogen (secondary N) is 2. The molecule has 0 aliphatic carbocycles. The number of benzene rings is 2. The van der Waals surface area contributed by atoms with Crippen molar-refractivity contribution in [2.75, 3.05) is 108 Å². The second-order valence-corrected chi connectivity index (χ2v) is 16.6. The summed E-state index contributed by atoms with van der Waals surface area (Å²) in [5, 5.41) is 6.64. The minimum Gasteiger partial charge on any atom is -0.445 e. The maximum atomic E-state index is 12.3. The fraction of sp³-hybridized carbons (Fsp3) is 0.500. The van der Waals surface area contributed by atoms with Gasteiger partial charge in [0.25, 0.3) is 0 Å². The van der Waals surface area contributed by atoms with E-state index in [2.05, 4.69) is 48.6 Å². The third-order valence-corrected chi connectivity index (χ3v) is 11.9. The van der Waals surface area contributed by atoms with Gasteiger partial charge in [-0.2, -0.15) is 0 Å². The van der Waals surface area contributed by atoms with Crippen molar-refractivity contribution in [1.29, 1.82) is 0 Å². The molecule has 0 saturated carbocycles. The second kappa shape index (κ2) is 24.7. The van der Waals surface area contributed by atoms with Gasteiger partial charge in [-0.15, -0.1) is 0 Å². The topological polar surface area (TPSA) is 122 Å². The number of pyridine rings is 2. The van der Waals surface area contributed by atoms with Gasteiger partial charge in [0.1, 0.15) is 24.8 Å². The van der Waals surface area contributed by atoms with Gasteiger partial charge in [0.2, 0.25) is 0 Å². The summed E-state index contributed by atoms with van der Waals surface area (Å²) in [6.45, 7) is 6.65. The van der Waals surface area contributed by atoms with Crippen LogP contribution in [0.1, 0.15) is 49.7 Å². The first-order valence-electron chi connectivity index (χ1n) is 22.0. The van der Waals surface area contributed by atoms with Crippen molar-refractivity contribution >= 4 is 35.2 Å². The third kappa shape index (κ3) is 14.8. The molecule has 14 heteroatoms. The molecule has 7 rings (SSSR count). The molecule has 0 bridgehead atoms. The number of amides is 2. The molecule has 5 heterocycles. The van der Waals surface area contributed by atoms with E-state index in [4.69, 9.17) is 9.47 Å². The summed E-state index contributed by atoms with van der Waals surface area (Å²) < 4.78 is 10.8. The van der Waals surface area contributed by atoms with Gasteiger partial charge in [-0.25, -0.2) is 19.6 Å². The fourth-order valence-electron chi connectivity index (χ4n) is 7.73. The molecule has 0 unspecified atom stereocenters. The first-order valence-corrected chi connectivity index (χ1v) is 22.0. The number of nitrogens with zero attached hydrogens (tertiary/aromatic N) is 8. The Bertz CT molecular complexity index is 1860. The Hall–Kier alpha value is -5.60. The quantitative estimate of drug-likeness (QED) is 0.167. The van der Waals surface area contributed by atoms with Crippen molar-refractivity contribution in [2.24, 2.45) is 0 Å². The molecule has 336 valence electrons. The number of rotatable bonds is 11. The lowest BCUT2D eigenvalue weighted by Gasteiger charge is -2.37. The maximum Gasteiger partial charge on any atom is 0.410 e. The molecule has 2 aromatic heterocycles.